The fraction of sp³-hybridized carbons (Fsp3) is 0.647. The first-order valence-electron chi connectivity index (χ1n) is 7.87. The van der Waals surface area contributed by atoms with Crippen molar-refractivity contribution in [2.75, 3.05) is 27.3 Å². The molecule has 2 aliphatic rings. The van der Waals surface area contributed by atoms with Crippen LogP contribution >= 0.6 is 0 Å². The van der Waals surface area contributed by atoms with Gasteiger partial charge in [0.15, 0.2) is 0 Å². The van der Waals surface area contributed by atoms with Crippen LogP contribution < -0.4 is 14.8 Å². The summed E-state index contributed by atoms with van der Waals surface area (Å²) >= 11 is 0. The molecule has 1 atom stereocenters. The van der Waals surface area contributed by atoms with Gasteiger partial charge in [0.25, 0.3) is 0 Å². The second-order valence-electron chi connectivity index (χ2n) is 6.09. The lowest BCUT2D eigenvalue weighted by Gasteiger charge is -2.44. The third kappa shape index (κ3) is 3.01. The molecule has 1 spiro atoms. The van der Waals surface area contributed by atoms with E-state index in [9.17, 15) is 0 Å². The minimum Gasteiger partial charge on any atom is -0.497 e. The Morgan fingerprint density at radius 2 is 1.95 bits per heavy atom. The van der Waals surface area contributed by atoms with E-state index in [0.29, 0.717) is 0 Å². The summed E-state index contributed by atoms with van der Waals surface area (Å²) in [5.41, 5.74) is 1.09. The fourth-order valence-electron chi connectivity index (χ4n) is 3.57. The minimum absolute atomic E-state index is 0.00918. The van der Waals surface area contributed by atoms with E-state index in [2.05, 4.69) is 5.32 Å². The number of methoxy groups -OCH3 is 2. The summed E-state index contributed by atoms with van der Waals surface area (Å²) in [5.74, 6) is 1.72. The van der Waals surface area contributed by atoms with E-state index in [0.717, 1.165) is 43.0 Å². The summed E-state index contributed by atoms with van der Waals surface area (Å²) in [6.07, 6.45) is 6.21. The predicted molar refractivity (Wildman–Crippen MR) is 82.1 cm³/mol. The molecule has 1 saturated heterocycles. The van der Waals surface area contributed by atoms with Crippen LogP contribution in [0.25, 0.3) is 0 Å². The number of hydrogen-bond acceptors (Lipinski definition) is 4. The molecule has 4 heteroatoms. The third-order valence-corrected chi connectivity index (χ3v) is 4.72. The molecule has 1 unspecified atom stereocenters. The van der Waals surface area contributed by atoms with Crippen LogP contribution in [0.4, 0.5) is 0 Å². The van der Waals surface area contributed by atoms with E-state index in [-0.39, 0.29) is 11.7 Å². The van der Waals surface area contributed by atoms with Crippen molar-refractivity contribution < 1.29 is 14.2 Å². The molecule has 1 aromatic carbocycles. The van der Waals surface area contributed by atoms with E-state index < -0.39 is 0 Å². The molecule has 21 heavy (non-hydrogen) atoms. The monoisotopic (exact) mass is 291 g/mol. The minimum atomic E-state index is 0.00918. The maximum atomic E-state index is 6.54. The van der Waals surface area contributed by atoms with E-state index in [1.54, 1.807) is 14.2 Å². The van der Waals surface area contributed by atoms with E-state index in [1.807, 2.05) is 18.2 Å². The van der Waals surface area contributed by atoms with Gasteiger partial charge in [-0.05, 0) is 31.0 Å². The Morgan fingerprint density at radius 1 is 1.14 bits per heavy atom. The third-order valence-electron chi connectivity index (χ3n) is 4.72. The van der Waals surface area contributed by atoms with Gasteiger partial charge < -0.3 is 19.5 Å². The lowest BCUT2D eigenvalue weighted by Crippen LogP contribution is -2.51. The number of hydrogen-bond donors (Lipinski definition) is 1. The largest absolute Gasteiger partial charge is 0.497 e. The maximum absolute atomic E-state index is 6.54. The van der Waals surface area contributed by atoms with E-state index in [4.69, 9.17) is 14.2 Å². The van der Waals surface area contributed by atoms with Crippen LogP contribution in [0.5, 0.6) is 11.5 Å². The van der Waals surface area contributed by atoms with Crippen molar-refractivity contribution in [1.29, 1.82) is 0 Å². The molecule has 1 heterocycles. The lowest BCUT2D eigenvalue weighted by molar-refractivity contribution is -0.136. The molecular weight excluding hydrogens is 266 g/mol. The van der Waals surface area contributed by atoms with E-state index in [1.165, 1.54) is 19.3 Å². The summed E-state index contributed by atoms with van der Waals surface area (Å²) in [6, 6.07) is 5.92. The van der Waals surface area contributed by atoms with Gasteiger partial charge in [0, 0.05) is 18.7 Å². The lowest BCUT2D eigenvalue weighted by atomic mass is 9.83. The van der Waals surface area contributed by atoms with Crippen molar-refractivity contribution in [3.8, 4) is 11.5 Å². The van der Waals surface area contributed by atoms with Crippen LogP contribution in [0, 0.1) is 0 Å². The molecule has 0 aromatic heterocycles. The molecule has 0 bridgehead atoms. The smallest absolute Gasteiger partial charge is 0.124 e. The highest BCUT2D eigenvalue weighted by Crippen LogP contribution is 2.40. The zero-order valence-electron chi connectivity index (χ0n) is 13.0. The van der Waals surface area contributed by atoms with Crippen LogP contribution in [0.1, 0.15) is 43.8 Å². The SMILES string of the molecule is COc1ccc(OC)c(C2CNCC3(CCCCC3)O2)c1. The number of nitrogens with one attached hydrogen (secondary N) is 1. The zero-order chi connectivity index (χ0) is 14.7. The van der Waals surface area contributed by atoms with E-state index >= 15 is 0 Å². The van der Waals surface area contributed by atoms with Gasteiger partial charge in [0.05, 0.1) is 25.9 Å². The Balaban J connectivity index is 1.85. The summed E-state index contributed by atoms with van der Waals surface area (Å²) in [4.78, 5) is 0. The molecule has 116 valence electrons. The van der Waals surface area contributed by atoms with Gasteiger partial charge in [-0.25, -0.2) is 0 Å². The molecule has 1 saturated carbocycles. The first-order chi connectivity index (χ1) is 10.3. The Labute approximate surface area is 126 Å². The molecule has 0 radical (unpaired) electrons. The quantitative estimate of drug-likeness (QED) is 0.929. The van der Waals surface area contributed by atoms with Crippen LogP contribution in [-0.2, 0) is 4.74 Å². The van der Waals surface area contributed by atoms with Crippen LogP contribution in [0.15, 0.2) is 18.2 Å². The van der Waals surface area contributed by atoms with Gasteiger partial charge in [0.1, 0.15) is 11.5 Å². The number of rotatable bonds is 3. The summed E-state index contributed by atoms with van der Waals surface area (Å²) in [5, 5.41) is 3.56. The van der Waals surface area contributed by atoms with Gasteiger partial charge in [0.2, 0.25) is 0 Å². The molecule has 1 N–H and O–H groups in total. The molecule has 4 nitrogen and oxygen atoms in total. The number of morpholine rings is 1. The average Bonchev–Trinajstić information content (AvgIpc) is 2.55. The van der Waals surface area contributed by atoms with Crippen molar-refractivity contribution in [3.63, 3.8) is 0 Å². The topological polar surface area (TPSA) is 39.7 Å². The highest BCUT2D eigenvalue weighted by Gasteiger charge is 2.39. The summed E-state index contributed by atoms with van der Waals surface area (Å²) in [7, 11) is 3.39. The summed E-state index contributed by atoms with van der Waals surface area (Å²) < 4.78 is 17.4. The molecule has 3 rings (SSSR count). The van der Waals surface area contributed by atoms with Crippen LogP contribution in [-0.4, -0.2) is 32.9 Å². The highest BCUT2D eigenvalue weighted by atomic mass is 16.5. The Hall–Kier alpha value is -1.26. The second kappa shape index (κ2) is 6.24. The van der Waals surface area contributed by atoms with Crippen molar-refractivity contribution in [1.82, 2.24) is 5.32 Å². The predicted octanol–water partition coefficient (Wildman–Crippen LogP) is 3.07. The van der Waals surface area contributed by atoms with Crippen LogP contribution in [0.3, 0.4) is 0 Å². The first kappa shape index (κ1) is 14.7. The summed E-state index contributed by atoms with van der Waals surface area (Å²) in [6.45, 7) is 1.79. The molecular formula is C17H25NO3. The van der Waals surface area contributed by atoms with Gasteiger partial charge in [-0.15, -0.1) is 0 Å². The molecule has 1 aliphatic carbocycles. The van der Waals surface area contributed by atoms with Gasteiger partial charge in [-0.2, -0.15) is 0 Å². The molecule has 0 amide bonds. The number of benzene rings is 1. The zero-order valence-corrected chi connectivity index (χ0v) is 13.0. The van der Waals surface area contributed by atoms with Crippen molar-refractivity contribution in [2.45, 2.75) is 43.8 Å². The normalized spacial score (nSPS) is 24.8. The number of ether oxygens (including phenoxy) is 3. The average molecular weight is 291 g/mol. The Bertz CT molecular complexity index is 477. The highest BCUT2D eigenvalue weighted by molar-refractivity contribution is 5.42. The fourth-order valence-corrected chi connectivity index (χ4v) is 3.57. The van der Waals surface area contributed by atoms with Gasteiger partial charge >= 0.3 is 0 Å². The van der Waals surface area contributed by atoms with Crippen molar-refractivity contribution >= 4 is 0 Å². The van der Waals surface area contributed by atoms with Crippen molar-refractivity contribution in [2.24, 2.45) is 0 Å². The molecule has 1 aromatic rings. The Kier molecular flexibility index (Phi) is 4.36. The Morgan fingerprint density at radius 3 is 2.67 bits per heavy atom. The second-order valence-corrected chi connectivity index (χ2v) is 6.09. The van der Waals surface area contributed by atoms with Crippen LogP contribution in [0.2, 0.25) is 0 Å². The first-order valence-corrected chi connectivity index (χ1v) is 7.87. The van der Waals surface area contributed by atoms with Gasteiger partial charge in [-0.1, -0.05) is 19.3 Å². The standard InChI is InChI=1S/C17H25NO3/c1-19-13-6-7-15(20-2)14(10-13)16-11-18-12-17(21-16)8-4-3-5-9-17/h6-7,10,16,18H,3-5,8-9,11-12H2,1-2H3. The van der Waals surface area contributed by atoms with Gasteiger partial charge in [-0.3, -0.25) is 0 Å². The maximum Gasteiger partial charge on any atom is 0.124 e. The van der Waals surface area contributed by atoms with Crippen molar-refractivity contribution in [3.05, 3.63) is 23.8 Å². The molecule has 1 aliphatic heterocycles. The molecule has 2 fully saturated rings.